The lowest BCUT2D eigenvalue weighted by molar-refractivity contribution is 0.425. The Kier molecular flexibility index (Phi) is 3.26. The quantitative estimate of drug-likeness (QED) is 0.844. The number of hydrogen-bond donors (Lipinski definition) is 1. The maximum atomic E-state index is 13.0. The van der Waals surface area contributed by atoms with Gasteiger partial charge in [0.05, 0.1) is 0 Å². The average Bonchev–Trinajstić information content (AvgIpc) is 2.86. The first-order chi connectivity index (χ1) is 7.94. The smallest absolute Gasteiger partial charge is 0.123 e. The molecule has 1 nitrogen and oxygen atoms in total. The van der Waals surface area contributed by atoms with E-state index in [0.29, 0.717) is 11.5 Å². The average molecular weight is 235 g/mol. The molecule has 2 rings (SSSR count). The van der Waals surface area contributed by atoms with Crippen molar-refractivity contribution < 1.29 is 4.39 Å². The fourth-order valence-corrected chi connectivity index (χ4v) is 2.77. The van der Waals surface area contributed by atoms with E-state index in [1.807, 2.05) is 20.0 Å². The lowest BCUT2D eigenvalue weighted by Gasteiger charge is -2.19. The first kappa shape index (κ1) is 12.6. The maximum Gasteiger partial charge on any atom is 0.123 e. The van der Waals surface area contributed by atoms with Crippen LogP contribution in [0, 0.1) is 24.1 Å². The number of nitrogens with one attached hydrogen (secondary N) is 1. The van der Waals surface area contributed by atoms with E-state index in [9.17, 15) is 4.39 Å². The Bertz CT molecular complexity index is 411. The van der Waals surface area contributed by atoms with Gasteiger partial charge in [0.2, 0.25) is 0 Å². The zero-order valence-electron chi connectivity index (χ0n) is 11.2. The van der Waals surface area contributed by atoms with Crippen molar-refractivity contribution in [2.45, 2.75) is 39.7 Å². The van der Waals surface area contributed by atoms with E-state index in [0.717, 1.165) is 17.9 Å². The molecule has 17 heavy (non-hydrogen) atoms. The molecule has 1 fully saturated rings. The lowest BCUT2D eigenvalue weighted by atomic mass is 9.95. The molecule has 2 atom stereocenters. The van der Waals surface area contributed by atoms with Crippen molar-refractivity contribution in [1.29, 1.82) is 0 Å². The van der Waals surface area contributed by atoms with E-state index in [-0.39, 0.29) is 5.82 Å². The fourth-order valence-electron chi connectivity index (χ4n) is 2.77. The minimum Gasteiger partial charge on any atom is -0.316 e. The Balaban J connectivity index is 2.09. The Morgan fingerprint density at radius 1 is 1.47 bits per heavy atom. The van der Waals surface area contributed by atoms with Gasteiger partial charge in [-0.3, -0.25) is 0 Å². The molecule has 0 radical (unpaired) electrons. The normalized spacial score (nSPS) is 23.5. The van der Waals surface area contributed by atoms with Crippen molar-refractivity contribution in [3.8, 4) is 0 Å². The van der Waals surface area contributed by atoms with Gasteiger partial charge < -0.3 is 5.32 Å². The largest absolute Gasteiger partial charge is 0.316 e. The zero-order chi connectivity index (χ0) is 12.6. The molecule has 1 aliphatic carbocycles. The van der Waals surface area contributed by atoms with Crippen LogP contribution >= 0.6 is 0 Å². The molecule has 0 spiro atoms. The summed E-state index contributed by atoms with van der Waals surface area (Å²) in [5.41, 5.74) is 2.79. The molecule has 0 aliphatic heterocycles. The van der Waals surface area contributed by atoms with Crippen LogP contribution in [0.15, 0.2) is 18.2 Å². The Morgan fingerprint density at radius 2 is 2.12 bits per heavy atom. The number of halogens is 1. The highest BCUT2D eigenvalue weighted by atomic mass is 19.1. The first-order valence-electron chi connectivity index (χ1n) is 6.36. The third-order valence-electron chi connectivity index (χ3n) is 4.19. The second kappa shape index (κ2) is 4.41. The van der Waals surface area contributed by atoms with Gasteiger partial charge in [0, 0.05) is 6.04 Å². The van der Waals surface area contributed by atoms with Crippen LogP contribution < -0.4 is 5.32 Å². The van der Waals surface area contributed by atoms with Gasteiger partial charge in [0.25, 0.3) is 0 Å². The molecule has 0 aromatic heterocycles. The molecular formula is C15H22FN. The van der Waals surface area contributed by atoms with E-state index >= 15 is 0 Å². The number of likely N-dealkylation sites (N-methyl/N-ethyl adjacent to an activating group) is 1. The van der Waals surface area contributed by atoms with E-state index in [1.54, 1.807) is 12.1 Å². The van der Waals surface area contributed by atoms with Gasteiger partial charge in [0.1, 0.15) is 5.82 Å². The Hall–Kier alpha value is -0.890. The number of benzene rings is 1. The summed E-state index contributed by atoms with van der Waals surface area (Å²) < 4.78 is 13.0. The van der Waals surface area contributed by atoms with Crippen LogP contribution in [0.25, 0.3) is 0 Å². The first-order valence-corrected chi connectivity index (χ1v) is 6.36. The molecule has 2 heteroatoms. The Morgan fingerprint density at radius 3 is 2.59 bits per heavy atom. The van der Waals surface area contributed by atoms with Crippen molar-refractivity contribution in [3.05, 3.63) is 35.1 Å². The highest BCUT2D eigenvalue weighted by Gasteiger charge is 2.49. The molecule has 0 amide bonds. The lowest BCUT2D eigenvalue weighted by Crippen LogP contribution is -2.31. The highest BCUT2D eigenvalue weighted by molar-refractivity contribution is 5.28. The predicted molar refractivity (Wildman–Crippen MR) is 69.6 cm³/mol. The summed E-state index contributed by atoms with van der Waals surface area (Å²) in [7, 11) is 2.03. The van der Waals surface area contributed by atoms with Crippen LogP contribution in [-0.4, -0.2) is 13.1 Å². The summed E-state index contributed by atoms with van der Waals surface area (Å²) >= 11 is 0. The molecule has 94 valence electrons. The van der Waals surface area contributed by atoms with Gasteiger partial charge in [-0.15, -0.1) is 0 Å². The summed E-state index contributed by atoms with van der Waals surface area (Å²) in [6, 6.07) is 5.62. The zero-order valence-corrected chi connectivity index (χ0v) is 11.2. The fraction of sp³-hybridized carbons (Fsp3) is 0.600. The van der Waals surface area contributed by atoms with Crippen molar-refractivity contribution in [3.63, 3.8) is 0 Å². The van der Waals surface area contributed by atoms with Gasteiger partial charge >= 0.3 is 0 Å². The summed E-state index contributed by atoms with van der Waals surface area (Å²) in [6.07, 6.45) is 2.29. The second-order valence-electron chi connectivity index (χ2n) is 5.97. The monoisotopic (exact) mass is 235 g/mol. The molecule has 0 saturated heterocycles. The Labute approximate surface area is 103 Å². The molecule has 0 bridgehead atoms. The van der Waals surface area contributed by atoms with E-state index in [4.69, 9.17) is 0 Å². The van der Waals surface area contributed by atoms with Crippen LogP contribution in [0.4, 0.5) is 4.39 Å². The van der Waals surface area contributed by atoms with Crippen LogP contribution in [0.3, 0.4) is 0 Å². The second-order valence-corrected chi connectivity index (χ2v) is 5.97. The topological polar surface area (TPSA) is 12.0 Å². The molecule has 2 unspecified atom stereocenters. The van der Waals surface area contributed by atoms with Crippen LogP contribution in [0.2, 0.25) is 0 Å². The SMILES string of the molecule is CNC(Cc1ccc(F)cc1C)C1CC1(C)C. The third-order valence-corrected chi connectivity index (χ3v) is 4.19. The molecule has 1 aliphatic rings. The molecule has 0 heterocycles. The van der Waals surface area contributed by atoms with Crippen LogP contribution in [0.5, 0.6) is 0 Å². The van der Waals surface area contributed by atoms with Gasteiger partial charge in [-0.25, -0.2) is 4.39 Å². The van der Waals surface area contributed by atoms with E-state index < -0.39 is 0 Å². The molecular weight excluding hydrogens is 213 g/mol. The molecule has 1 N–H and O–H groups in total. The van der Waals surface area contributed by atoms with Crippen LogP contribution in [-0.2, 0) is 6.42 Å². The number of rotatable bonds is 4. The highest BCUT2D eigenvalue weighted by Crippen LogP contribution is 2.54. The van der Waals surface area contributed by atoms with Crippen molar-refractivity contribution in [1.82, 2.24) is 5.32 Å². The summed E-state index contributed by atoms with van der Waals surface area (Å²) in [5.74, 6) is 0.607. The van der Waals surface area contributed by atoms with E-state index in [2.05, 4.69) is 19.2 Å². The third kappa shape index (κ3) is 2.68. The number of hydrogen-bond acceptors (Lipinski definition) is 1. The van der Waals surface area contributed by atoms with Crippen LogP contribution in [0.1, 0.15) is 31.4 Å². The standard InChI is InChI=1S/C15H22FN/c1-10-7-12(16)6-5-11(10)8-14(17-4)13-9-15(13,2)3/h5-7,13-14,17H,8-9H2,1-4H3. The van der Waals surface area contributed by atoms with Gasteiger partial charge in [0.15, 0.2) is 0 Å². The van der Waals surface area contributed by atoms with Crippen molar-refractivity contribution >= 4 is 0 Å². The molecule has 1 aromatic carbocycles. The van der Waals surface area contributed by atoms with Crippen molar-refractivity contribution in [2.75, 3.05) is 7.05 Å². The van der Waals surface area contributed by atoms with E-state index in [1.165, 1.54) is 12.0 Å². The number of aryl methyl sites for hydroxylation is 1. The van der Waals surface area contributed by atoms with Gasteiger partial charge in [-0.1, -0.05) is 19.9 Å². The van der Waals surface area contributed by atoms with Gasteiger partial charge in [-0.05, 0) is 61.4 Å². The molecule has 1 aromatic rings. The minimum absolute atomic E-state index is 0.140. The predicted octanol–water partition coefficient (Wildman–Crippen LogP) is 3.31. The molecule has 1 saturated carbocycles. The maximum absolute atomic E-state index is 13.0. The minimum atomic E-state index is -0.140. The van der Waals surface area contributed by atoms with Crippen molar-refractivity contribution in [2.24, 2.45) is 11.3 Å². The summed E-state index contributed by atoms with van der Waals surface area (Å²) in [6.45, 7) is 6.63. The summed E-state index contributed by atoms with van der Waals surface area (Å²) in [4.78, 5) is 0. The summed E-state index contributed by atoms with van der Waals surface area (Å²) in [5, 5.41) is 3.42. The van der Waals surface area contributed by atoms with Gasteiger partial charge in [-0.2, -0.15) is 0 Å².